The maximum Gasteiger partial charge on any atom is 0.309 e. The van der Waals surface area contributed by atoms with Gasteiger partial charge < -0.3 is 9.64 Å². The topological polar surface area (TPSA) is 81.5 Å². The first-order valence-electron chi connectivity index (χ1n) is 11.5. The Hall–Kier alpha value is -1.87. The average Bonchev–Trinajstić information content (AvgIpc) is 3.15. The van der Waals surface area contributed by atoms with Crippen LogP contribution in [0.4, 0.5) is 0 Å². The van der Waals surface area contributed by atoms with Crippen LogP contribution in [0.1, 0.15) is 50.5 Å². The van der Waals surface area contributed by atoms with E-state index in [0.29, 0.717) is 50.2 Å². The molecule has 1 amide bonds. The third kappa shape index (κ3) is 4.59. The molecule has 4 rings (SSSR count). The van der Waals surface area contributed by atoms with Gasteiger partial charge in [-0.2, -0.15) is 0 Å². The lowest BCUT2D eigenvalue weighted by molar-refractivity contribution is -0.151. The van der Waals surface area contributed by atoms with Gasteiger partial charge in [0.25, 0.3) is 5.56 Å². The molecule has 2 aromatic rings. The van der Waals surface area contributed by atoms with E-state index >= 15 is 0 Å². The smallest absolute Gasteiger partial charge is 0.309 e. The number of aryl methyl sites for hydroxylation is 1. The molecular weight excluding hydrogens is 446 g/mol. The maximum absolute atomic E-state index is 13.3. The molecule has 0 N–H and O–H groups in total. The van der Waals surface area contributed by atoms with Crippen LogP contribution in [0.15, 0.2) is 9.95 Å². The van der Waals surface area contributed by atoms with Gasteiger partial charge in [0, 0.05) is 24.5 Å². The Morgan fingerprint density at radius 3 is 2.66 bits per heavy atom. The first kappa shape index (κ1) is 23.3. The first-order chi connectivity index (χ1) is 15.4. The largest absolute Gasteiger partial charge is 0.466 e. The Labute approximate surface area is 196 Å². The van der Waals surface area contributed by atoms with Crippen LogP contribution in [0, 0.1) is 11.8 Å². The van der Waals surface area contributed by atoms with Crippen LogP contribution in [0.5, 0.6) is 0 Å². The summed E-state index contributed by atoms with van der Waals surface area (Å²) in [5, 5.41) is 1.40. The number of hydrogen-bond acceptors (Lipinski definition) is 7. The molecule has 0 radical (unpaired) electrons. The van der Waals surface area contributed by atoms with Crippen molar-refractivity contribution >= 4 is 45.2 Å². The van der Waals surface area contributed by atoms with Gasteiger partial charge in [-0.1, -0.05) is 18.7 Å². The van der Waals surface area contributed by atoms with Crippen molar-refractivity contribution in [3.63, 3.8) is 0 Å². The van der Waals surface area contributed by atoms with Crippen LogP contribution >= 0.6 is 23.1 Å². The number of thioether (sulfide) groups is 1. The molecule has 0 unspecified atom stereocenters. The van der Waals surface area contributed by atoms with E-state index in [0.717, 1.165) is 29.5 Å². The van der Waals surface area contributed by atoms with Crippen LogP contribution < -0.4 is 5.56 Å². The Bertz CT molecular complexity index is 1070. The molecule has 1 fully saturated rings. The van der Waals surface area contributed by atoms with Gasteiger partial charge in [-0.3, -0.25) is 19.0 Å². The molecule has 0 bridgehead atoms. The Kier molecular flexibility index (Phi) is 7.24. The van der Waals surface area contributed by atoms with Gasteiger partial charge in [-0.15, -0.1) is 11.3 Å². The fraction of sp³-hybridized carbons (Fsp3) is 0.652. The van der Waals surface area contributed by atoms with Gasteiger partial charge in [0.15, 0.2) is 5.16 Å². The van der Waals surface area contributed by atoms with Gasteiger partial charge in [0.1, 0.15) is 4.83 Å². The molecule has 1 saturated heterocycles. The molecule has 1 atom stereocenters. The van der Waals surface area contributed by atoms with Crippen molar-refractivity contribution in [2.45, 2.75) is 64.6 Å². The number of fused-ring (bicyclic) bond motifs is 3. The molecule has 1 aliphatic heterocycles. The number of ether oxygens (including phenoxy) is 1. The lowest BCUT2D eigenvalue weighted by Crippen LogP contribution is -2.41. The van der Waals surface area contributed by atoms with Crippen LogP contribution in [0.3, 0.4) is 0 Å². The molecule has 0 spiro atoms. The van der Waals surface area contributed by atoms with E-state index in [1.165, 1.54) is 22.2 Å². The number of amides is 1. The number of rotatable bonds is 6. The number of nitrogens with zero attached hydrogens (tertiary/aromatic N) is 3. The quantitative estimate of drug-likeness (QED) is 0.360. The number of likely N-dealkylation sites (tertiary alicyclic amines) is 1. The average molecular weight is 478 g/mol. The summed E-state index contributed by atoms with van der Waals surface area (Å²) in [4.78, 5) is 46.7. The molecule has 7 nitrogen and oxygen atoms in total. The van der Waals surface area contributed by atoms with E-state index in [1.807, 2.05) is 6.92 Å². The monoisotopic (exact) mass is 477 g/mol. The molecule has 0 saturated carbocycles. The summed E-state index contributed by atoms with van der Waals surface area (Å²) >= 11 is 2.98. The van der Waals surface area contributed by atoms with Gasteiger partial charge in [0.2, 0.25) is 5.91 Å². The molecule has 2 aromatic heterocycles. The SMILES string of the molecule is CCOC(=O)C1CCN(C(=O)CSc2nc3sc4c(c3c(=O)n2CC)CC[C@@H](C)C4)CC1. The van der Waals surface area contributed by atoms with Gasteiger partial charge in [0.05, 0.1) is 23.7 Å². The summed E-state index contributed by atoms with van der Waals surface area (Å²) < 4.78 is 6.81. The number of aromatic nitrogens is 2. The minimum Gasteiger partial charge on any atom is -0.466 e. The second-order valence-electron chi connectivity index (χ2n) is 8.67. The van der Waals surface area contributed by atoms with Crippen molar-refractivity contribution in [2.75, 3.05) is 25.4 Å². The highest BCUT2D eigenvalue weighted by molar-refractivity contribution is 7.99. The molecule has 1 aliphatic carbocycles. The second kappa shape index (κ2) is 9.95. The number of piperidine rings is 1. The molecule has 9 heteroatoms. The van der Waals surface area contributed by atoms with Crippen molar-refractivity contribution in [2.24, 2.45) is 11.8 Å². The summed E-state index contributed by atoms with van der Waals surface area (Å²) in [5.41, 5.74) is 1.22. The van der Waals surface area contributed by atoms with Gasteiger partial charge in [-0.25, -0.2) is 4.98 Å². The van der Waals surface area contributed by atoms with Crippen LogP contribution in [0.2, 0.25) is 0 Å². The van der Waals surface area contributed by atoms with E-state index < -0.39 is 0 Å². The molecule has 3 heterocycles. The van der Waals surface area contributed by atoms with E-state index in [2.05, 4.69) is 6.92 Å². The molecule has 2 aliphatic rings. The predicted octanol–water partition coefficient (Wildman–Crippen LogP) is 3.50. The first-order valence-corrected chi connectivity index (χ1v) is 13.3. The summed E-state index contributed by atoms with van der Waals surface area (Å²) in [5.74, 6) is 0.626. The Balaban J connectivity index is 1.46. The lowest BCUT2D eigenvalue weighted by atomic mass is 9.89. The van der Waals surface area contributed by atoms with E-state index in [-0.39, 0.29) is 29.1 Å². The molecule has 0 aromatic carbocycles. The highest BCUT2D eigenvalue weighted by Gasteiger charge is 2.29. The number of hydrogen-bond donors (Lipinski definition) is 0. The van der Waals surface area contributed by atoms with Crippen molar-refractivity contribution in [1.29, 1.82) is 0 Å². The van der Waals surface area contributed by atoms with Crippen LogP contribution in [0.25, 0.3) is 10.2 Å². The van der Waals surface area contributed by atoms with E-state index in [9.17, 15) is 14.4 Å². The minimum atomic E-state index is -0.161. The minimum absolute atomic E-state index is 0.0219. The Morgan fingerprint density at radius 2 is 1.97 bits per heavy atom. The maximum atomic E-state index is 13.3. The van der Waals surface area contributed by atoms with E-state index in [1.54, 1.807) is 27.7 Å². The van der Waals surface area contributed by atoms with E-state index in [4.69, 9.17) is 9.72 Å². The molecular formula is C23H31N3O4S2. The summed E-state index contributed by atoms with van der Waals surface area (Å²) in [6.45, 7) is 8.05. The highest BCUT2D eigenvalue weighted by Crippen LogP contribution is 2.36. The second-order valence-corrected chi connectivity index (χ2v) is 10.7. The van der Waals surface area contributed by atoms with Crippen LogP contribution in [-0.4, -0.2) is 51.8 Å². The standard InChI is InChI=1S/C23H31N3O4S2/c1-4-26-21(28)19-16-7-6-14(3)12-17(16)32-20(19)24-23(26)31-13-18(27)25-10-8-15(9-11-25)22(29)30-5-2/h14-15H,4-13H2,1-3H3/t14-/m1/s1. The van der Waals surface area contributed by atoms with Gasteiger partial charge >= 0.3 is 5.97 Å². The van der Waals surface area contributed by atoms with Crippen molar-refractivity contribution < 1.29 is 14.3 Å². The zero-order chi connectivity index (χ0) is 22.8. The van der Waals surface area contributed by atoms with Gasteiger partial charge in [-0.05, 0) is 57.4 Å². The fourth-order valence-corrected chi connectivity index (χ4v) is 7.03. The zero-order valence-corrected chi connectivity index (χ0v) is 20.6. The van der Waals surface area contributed by atoms with Crippen molar-refractivity contribution in [3.8, 4) is 0 Å². The predicted molar refractivity (Wildman–Crippen MR) is 127 cm³/mol. The highest BCUT2D eigenvalue weighted by atomic mass is 32.2. The summed E-state index contributed by atoms with van der Waals surface area (Å²) in [6.07, 6.45) is 4.35. The Morgan fingerprint density at radius 1 is 1.22 bits per heavy atom. The summed E-state index contributed by atoms with van der Waals surface area (Å²) in [6, 6.07) is 0. The number of esters is 1. The lowest BCUT2D eigenvalue weighted by Gasteiger charge is -2.30. The van der Waals surface area contributed by atoms with Crippen LogP contribution in [-0.2, 0) is 33.7 Å². The van der Waals surface area contributed by atoms with Crippen molar-refractivity contribution in [1.82, 2.24) is 14.5 Å². The normalized spacial score (nSPS) is 19.2. The van der Waals surface area contributed by atoms with Crippen molar-refractivity contribution in [3.05, 3.63) is 20.8 Å². The molecule has 174 valence electrons. The summed E-state index contributed by atoms with van der Waals surface area (Å²) in [7, 11) is 0. The molecule has 32 heavy (non-hydrogen) atoms. The number of carbonyl (C=O) groups is 2. The number of carbonyl (C=O) groups excluding carboxylic acids is 2. The number of thiophene rings is 1. The fourth-order valence-electron chi connectivity index (χ4n) is 4.64. The zero-order valence-electron chi connectivity index (χ0n) is 19.0. The third-order valence-electron chi connectivity index (χ3n) is 6.49. The third-order valence-corrected chi connectivity index (χ3v) is 8.60.